The lowest BCUT2D eigenvalue weighted by molar-refractivity contribution is 0.102. The van der Waals surface area contributed by atoms with Crippen molar-refractivity contribution in [2.24, 2.45) is 0 Å². The third kappa shape index (κ3) is 5.62. The molecule has 0 aliphatic carbocycles. The SMILES string of the molecule is Cc1ccc2nc(COc3cccc(C(=O)Nc4ccc(S(=O)(=O)NC(C)C)cc4)c3)cn2c1. The second-order valence-corrected chi connectivity index (χ2v) is 9.99. The molecule has 2 heterocycles. The fourth-order valence-corrected chi connectivity index (χ4v) is 4.66. The van der Waals surface area contributed by atoms with Gasteiger partial charge < -0.3 is 14.5 Å². The number of rotatable bonds is 8. The van der Waals surface area contributed by atoms with E-state index in [1.165, 1.54) is 12.1 Å². The van der Waals surface area contributed by atoms with Crippen molar-refractivity contribution in [1.29, 1.82) is 0 Å². The molecule has 0 atom stereocenters. The summed E-state index contributed by atoms with van der Waals surface area (Å²) in [5, 5.41) is 2.78. The number of imidazole rings is 1. The summed E-state index contributed by atoms with van der Waals surface area (Å²) in [6.45, 7) is 5.79. The van der Waals surface area contributed by atoms with Crippen LogP contribution in [0.1, 0.15) is 35.5 Å². The number of nitrogens with zero attached hydrogens (tertiary/aromatic N) is 2. The van der Waals surface area contributed by atoms with E-state index in [9.17, 15) is 13.2 Å². The molecule has 0 aliphatic heterocycles. The lowest BCUT2D eigenvalue weighted by atomic mass is 10.2. The van der Waals surface area contributed by atoms with Gasteiger partial charge in [-0.3, -0.25) is 4.79 Å². The summed E-state index contributed by atoms with van der Waals surface area (Å²) >= 11 is 0. The molecular weight excluding hydrogens is 452 g/mol. The number of pyridine rings is 1. The Kier molecular flexibility index (Phi) is 6.67. The van der Waals surface area contributed by atoms with Gasteiger partial charge in [0.1, 0.15) is 18.0 Å². The molecule has 8 nitrogen and oxygen atoms in total. The summed E-state index contributed by atoms with van der Waals surface area (Å²) in [6.07, 6.45) is 3.92. The van der Waals surface area contributed by atoms with E-state index in [4.69, 9.17) is 4.74 Å². The van der Waals surface area contributed by atoms with Crippen molar-refractivity contribution in [3.8, 4) is 5.75 Å². The number of carbonyl (C=O) groups is 1. The zero-order valence-corrected chi connectivity index (χ0v) is 20.0. The van der Waals surface area contributed by atoms with Crippen LogP contribution in [0.25, 0.3) is 5.65 Å². The minimum Gasteiger partial charge on any atom is -0.487 e. The second-order valence-electron chi connectivity index (χ2n) is 8.28. The summed E-state index contributed by atoms with van der Waals surface area (Å²) in [7, 11) is -3.59. The van der Waals surface area contributed by atoms with Crippen LogP contribution in [0.15, 0.2) is 78.0 Å². The number of anilines is 1. The number of fused-ring (bicyclic) bond motifs is 1. The summed E-state index contributed by atoms with van der Waals surface area (Å²) in [6, 6.07) is 16.6. The average molecular weight is 479 g/mol. The monoisotopic (exact) mass is 478 g/mol. The number of hydrogen-bond acceptors (Lipinski definition) is 5. The number of nitrogens with one attached hydrogen (secondary N) is 2. The molecule has 1 amide bonds. The predicted octanol–water partition coefficient (Wildman–Crippen LogP) is 4.16. The minimum atomic E-state index is -3.59. The van der Waals surface area contributed by atoms with E-state index in [1.807, 2.05) is 35.9 Å². The molecule has 0 spiro atoms. The maximum atomic E-state index is 12.7. The van der Waals surface area contributed by atoms with E-state index in [0.29, 0.717) is 17.0 Å². The number of hydrogen-bond donors (Lipinski definition) is 2. The number of benzene rings is 2. The Hall–Kier alpha value is -3.69. The zero-order valence-electron chi connectivity index (χ0n) is 19.1. The highest BCUT2D eigenvalue weighted by molar-refractivity contribution is 7.89. The van der Waals surface area contributed by atoms with Crippen LogP contribution in [-0.2, 0) is 16.6 Å². The van der Waals surface area contributed by atoms with Gasteiger partial charge in [-0.05, 0) is 74.9 Å². The predicted molar refractivity (Wildman–Crippen MR) is 131 cm³/mol. The maximum absolute atomic E-state index is 12.7. The van der Waals surface area contributed by atoms with Crippen LogP contribution in [0.5, 0.6) is 5.75 Å². The Bertz CT molecular complexity index is 1430. The van der Waals surface area contributed by atoms with Crippen molar-refractivity contribution in [3.63, 3.8) is 0 Å². The van der Waals surface area contributed by atoms with E-state index >= 15 is 0 Å². The van der Waals surface area contributed by atoms with Gasteiger partial charge in [-0.25, -0.2) is 18.1 Å². The van der Waals surface area contributed by atoms with Gasteiger partial charge in [0.15, 0.2) is 0 Å². The standard InChI is InChI=1S/C25H26N4O4S/c1-17(2)28-34(31,32)23-10-8-20(9-11-23)27-25(30)19-5-4-6-22(13-19)33-16-21-15-29-14-18(3)7-12-24(29)26-21/h4-15,17,28H,16H2,1-3H3,(H,27,30). The molecular formula is C25H26N4O4S. The van der Waals surface area contributed by atoms with Crippen LogP contribution in [0, 0.1) is 6.92 Å². The lowest BCUT2D eigenvalue weighted by Gasteiger charge is -2.11. The highest BCUT2D eigenvalue weighted by Crippen LogP contribution is 2.19. The van der Waals surface area contributed by atoms with Crippen LogP contribution in [0.2, 0.25) is 0 Å². The number of carbonyl (C=O) groups excluding carboxylic acids is 1. The Balaban J connectivity index is 1.40. The highest BCUT2D eigenvalue weighted by Gasteiger charge is 2.15. The first-order valence-corrected chi connectivity index (χ1v) is 12.3. The Morgan fingerprint density at radius 3 is 2.56 bits per heavy atom. The van der Waals surface area contributed by atoms with Gasteiger partial charge in [0, 0.05) is 29.7 Å². The average Bonchev–Trinajstić information content (AvgIpc) is 3.19. The molecule has 0 bridgehead atoms. The molecule has 0 saturated heterocycles. The van der Waals surface area contributed by atoms with E-state index in [2.05, 4.69) is 15.0 Å². The van der Waals surface area contributed by atoms with E-state index in [0.717, 1.165) is 16.9 Å². The van der Waals surface area contributed by atoms with Crippen molar-refractivity contribution in [1.82, 2.24) is 14.1 Å². The van der Waals surface area contributed by atoms with Crippen molar-refractivity contribution in [3.05, 3.63) is 89.9 Å². The molecule has 9 heteroatoms. The highest BCUT2D eigenvalue weighted by atomic mass is 32.2. The molecule has 0 aliphatic rings. The zero-order chi connectivity index (χ0) is 24.3. The van der Waals surface area contributed by atoms with E-state index < -0.39 is 10.0 Å². The van der Waals surface area contributed by atoms with Gasteiger partial charge in [-0.15, -0.1) is 0 Å². The van der Waals surface area contributed by atoms with Gasteiger partial charge in [0.25, 0.3) is 5.91 Å². The maximum Gasteiger partial charge on any atom is 0.255 e. The summed E-state index contributed by atoms with van der Waals surface area (Å²) in [5.41, 5.74) is 3.67. The van der Waals surface area contributed by atoms with Crippen LogP contribution in [-0.4, -0.2) is 29.8 Å². The van der Waals surface area contributed by atoms with Crippen molar-refractivity contribution >= 4 is 27.3 Å². The number of sulfonamides is 1. The molecule has 4 aromatic rings. The third-order valence-corrected chi connectivity index (χ3v) is 6.62. The van der Waals surface area contributed by atoms with Crippen molar-refractivity contribution in [2.75, 3.05) is 5.32 Å². The smallest absolute Gasteiger partial charge is 0.255 e. The molecule has 2 aromatic heterocycles. The number of amides is 1. The van der Waals surface area contributed by atoms with E-state index in [-0.39, 0.29) is 23.5 Å². The Morgan fingerprint density at radius 2 is 1.82 bits per heavy atom. The molecule has 0 unspecified atom stereocenters. The fraction of sp³-hybridized carbons (Fsp3) is 0.200. The van der Waals surface area contributed by atoms with Crippen molar-refractivity contribution < 1.29 is 17.9 Å². The quantitative estimate of drug-likeness (QED) is 0.396. The van der Waals surface area contributed by atoms with Gasteiger partial charge >= 0.3 is 0 Å². The normalized spacial score (nSPS) is 11.6. The van der Waals surface area contributed by atoms with Gasteiger partial charge in [0.2, 0.25) is 10.0 Å². The van der Waals surface area contributed by atoms with E-state index in [1.54, 1.807) is 50.2 Å². The first-order chi connectivity index (χ1) is 16.2. The van der Waals surface area contributed by atoms with Crippen molar-refractivity contribution in [2.45, 2.75) is 38.3 Å². The molecule has 4 rings (SSSR count). The molecule has 34 heavy (non-hydrogen) atoms. The Labute approximate surface area is 198 Å². The van der Waals surface area contributed by atoms with Gasteiger partial charge in [0.05, 0.1) is 10.6 Å². The van der Waals surface area contributed by atoms with Crippen LogP contribution < -0.4 is 14.8 Å². The summed E-state index contributed by atoms with van der Waals surface area (Å²) in [4.78, 5) is 17.4. The lowest BCUT2D eigenvalue weighted by Crippen LogP contribution is -2.30. The first kappa shape index (κ1) is 23.5. The van der Waals surface area contributed by atoms with Crippen LogP contribution >= 0.6 is 0 Å². The molecule has 176 valence electrons. The molecule has 2 aromatic carbocycles. The second kappa shape index (κ2) is 9.66. The molecule has 2 N–H and O–H groups in total. The molecule has 0 saturated carbocycles. The number of ether oxygens (including phenoxy) is 1. The van der Waals surface area contributed by atoms with Crippen LogP contribution in [0.4, 0.5) is 5.69 Å². The summed E-state index contributed by atoms with van der Waals surface area (Å²) < 4.78 is 34.8. The molecule has 0 fully saturated rings. The number of aryl methyl sites for hydroxylation is 1. The van der Waals surface area contributed by atoms with Gasteiger partial charge in [-0.1, -0.05) is 12.1 Å². The van der Waals surface area contributed by atoms with Crippen LogP contribution in [0.3, 0.4) is 0 Å². The third-order valence-electron chi connectivity index (χ3n) is 4.95. The molecule has 0 radical (unpaired) electrons. The number of aromatic nitrogens is 2. The topological polar surface area (TPSA) is 102 Å². The van der Waals surface area contributed by atoms with Gasteiger partial charge in [-0.2, -0.15) is 0 Å². The summed E-state index contributed by atoms with van der Waals surface area (Å²) in [5.74, 6) is 0.214. The Morgan fingerprint density at radius 1 is 1.06 bits per heavy atom. The largest absolute Gasteiger partial charge is 0.487 e. The fourth-order valence-electron chi connectivity index (χ4n) is 3.41. The first-order valence-electron chi connectivity index (χ1n) is 10.8. The minimum absolute atomic E-state index is 0.136.